The fourth-order valence-corrected chi connectivity index (χ4v) is 4.42. The van der Waals surface area contributed by atoms with Gasteiger partial charge < -0.3 is 4.90 Å². The van der Waals surface area contributed by atoms with Crippen LogP contribution < -0.4 is 9.80 Å². The van der Waals surface area contributed by atoms with E-state index in [0.29, 0.717) is 23.3 Å². The Labute approximate surface area is 229 Å². The Morgan fingerprint density at radius 1 is 0.541 bits per heavy atom. The third kappa shape index (κ3) is 4.15. The van der Waals surface area contributed by atoms with Crippen LogP contribution in [0, 0.1) is 12.1 Å². The zero-order chi connectivity index (χ0) is 23.9. The van der Waals surface area contributed by atoms with Crippen molar-refractivity contribution in [3.05, 3.63) is 121 Å². The van der Waals surface area contributed by atoms with E-state index in [1.165, 1.54) is 0 Å². The summed E-state index contributed by atoms with van der Waals surface area (Å²) in [5.74, 6) is 1.73. The minimum atomic E-state index is 0. The van der Waals surface area contributed by atoms with Gasteiger partial charge in [0.2, 0.25) is 5.96 Å². The second-order valence-corrected chi connectivity index (χ2v) is 8.35. The van der Waals surface area contributed by atoms with Gasteiger partial charge in [0.05, 0.1) is 12.4 Å². The first-order valence-electron chi connectivity index (χ1n) is 11.6. The van der Waals surface area contributed by atoms with Gasteiger partial charge in [-0.3, -0.25) is 4.90 Å². The molecule has 0 saturated heterocycles. The molecule has 0 aliphatic carbocycles. The SMILES string of the molecule is [Pt+2].[c-]1c2cccc1N(c1ccccc1)C1=NC(=C3C=NC(=N3)N(c3ccccc3)c3[c-]c-2ccc3)N=C1. The molecule has 0 atom stereocenters. The summed E-state index contributed by atoms with van der Waals surface area (Å²) in [7, 11) is 0. The standard InChI is InChI=1S/C30H18N6.Pt/c1-3-11-23(12-4-1)35-25-15-7-9-21(17-25)22-10-8-16-26(18-22)36(24-13-5-2-6-14-24)30-32-19-27(33-30)29-31-20-28(35)34-29;/h1-16,19-20H;/q-2;+2. The maximum absolute atomic E-state index is 4.85. The second kappa shape index (κ2) is 9.56. The third-order valence-corrected chi connectivity index (χ3v) is 6.06. The fraction of sp³-hybridized carbons (Fsp3) is 0. The molecule has 3 aliphatic rings. The number of allylic oxidation sites excluding steroid dienone is 1. The zero-order valence-corrected chi connectivity index (χ0v) is 21.7. The van der Waals surface area contributed by atoms with Crippen molar-refractivity contribution < 1.29 is 21.1 Å². The molecule has 0 radical (unpaired) electrons. The third-order valence-electron chi connectivity index (χ3n) is 6.06. The molecule has 3 aliphatic heterocycles. The summed E-state index contributed by atoms with van der Waals surface area (Å²) in [6.45, 7) is 0. The first-order chi connectivity index (χ1) is 17.8. The molecule has 0 amide bonds. The number of amidine groups is 1. The minimum absolute atomic E-state index is 0. The molecule has 0 saturated carbocycles. The van der Waals surface area contributed by atoms with Crippen LogP contribution >= 0.6 is 0 Å². The van der Waals surface area contributed by atoms with Gasteiger partial charge in [0.25, 0.3) is 0 Å². The predicted molar refractivity (Wildman–Crippen MR) is 146 cm³/mol. The van der Waals surface area contributed by atoms with Crippen LogP contribution in [0.15, 0.2) is 129 Å². The molecular weight excluding hydrogens is 639 g/mol. The molecule has 0 fully saturated rings. The fourth-order valence-electron chi connectivity index (χ4n) is 4.42. The summed E-state index contributed by atoms with van der Waals surface area (Å²) in [4.78, 5) is 23.0. The molecule has 0 spiro atoms. The number of para-hydroxylation sites is 2. The van der Waals surface area contributed by atoms with Crippen molar-refractivity contribution in [3.63, 3.8) is 0 Å². The van der Waals surface area contributed by atoms with E-state index in [-0.39, 0.29) is 21.1 Å². The number of anilines is 4. The van der Waals surface area contributed by atoms with Crippen LogP contribution in [-0.2, 0) is 21.1 Å². The molecule has 4 aromatic carbocycles. The summed E-state index contributed by atoms with van der Waals surface area (Å²) in [5, 5.41) is 0. The summed E-state index contributed by atoms with van der Waals surface area (Å²) in [6.07, 6.45) is 3.48. The Morgan fingerprint density at radius 3 is 1.78 bits per heavy atom. The van der Waals surface area contributed by atoms with E-state index in [1.807, 2.05) is 107 Å². The van der Waals surface area contributed by atoms with Crippen LogP contribution in [0.2, 0.25) is 0 Å². The first kappa shape index (κ1) is 23.0. The molecular formula is C30H18N6Pt. The van der Waals surface area contributed by atoms with E-state index >= 15 is 0 Å². The molecule has 3 heterocycles. The number of benzene rings is 4. The van der Waals surface area contributed by atoms with Crippen LogP contribution in [0.1, 0.15) is 0 Å². The molecule has 8 bridgehead atoms. The van der Waals surface area contributed by atoms with E-state index in [2.05, 4.69) is 22.1 Å². The number of rotatable bonds is 2. The zero-order valence-electron chi connectivity index (χ0n) is 19.4. The molecule has 178 valence electrons. The van der Waals surface area contributed by atoms with Crippen molar-refractivity contribution in [1.29, 1.82) is 0 Å². The smallest absolute Gasteiger partial charge is 0.313 e. The van der Waals surface area contributed by atoms with Gasteiger partial charge in [-0.15, -0.1) is 12.1 Å². The van der Waals surface area contributed by atoms with Gasteiger partial charge in [0.15, 0.2) is 11.7 Å². The molecule has 7 rings (SSSR count). The van der Waals surface area contributed by atoms with E-state index in [4.69, 9.17) is 9.98 Å². The van der Waals surface area contributed by atoms with Gasteiger partial charge in [0, 0.05) is 11.4 Å². The second-order valence-electron chi connectivity index (χ2n) is 8.35. The van der Waals surface area contributed by atoms with Crippen molar-refractivity contribution in [3.8, 4) is 11.1 Å². The average molecular weight is 658 g/mol. The van der Waals surface area contributed by atoms with Crippen LogP contribution in [0.3, 0.4) is 0 Å². The van der Waals surface area contributed by atoms with Gasteiger partial charge in [-0.05, 0) is 35.6 Å². The van der Waals surface area contributed by atoms with E-state index in [9.17, 15) is 0 Å². The Morgan fingerprint density at radius 2 is 1.14 bits per heavy atom. The minimum Gasteiger partial charge on any atom is -0.313 e. The molecule has 37 heavy (non-hydrogen) atoms. The Bertz CT molecular complexity index is 1510. The van der Waals surface area contributed by atoms with E-state index in [0.717, 1.165) is 33.9 Å². The number of aliphatic imine (C=N–C) groups is 4. The van der Waals surface area contributed by atoms with Crippen molar-refractivity contribution in [1.82, 2.24) is 0 Å². The van der Waals surface area contributed by atoms with Crippen LogP contribution in [-0.4, -0.2) is 24.2 Å². The number of fused-ring (bicyclic) bond motifs is 7. The van der Waals surface area contributed by atoms with E-state index < -0.39 is 0 Å². The molecule has 4 aromatic rings. The van der Waals surface area contributed by atoms with Crippen molar-refractivity contribution in [2.75, 3.05) is 9.80 Å². The van der Waals surface area contributed by atoms with Crippen molar-refractivity contribution >= 4 is 47.0 Å². The largest absolute Gasteiger partial charge is 2.00 e. The van der Waals surface area contributed by atoms with Crippen molar-refractivity contribution in [2.45, 2.75) is 0 Å². The summed E-state index contributed by atoms with van der Waals surface area (Å²) in [5.41, 5.74) is 6.03. The summed E-state index contributed by atoms with van der Waals surface area (Å²) < 4.78 is 0. The molecule has 0 unspecified atom stereocenters. The topological polar surface area (TPSA) is 55.9 Å². The average Bonchev–Trinajstić information content (AvgIpc) is 3.61. The maximum atomic E-state index is 4.85. The molecule has 0 N–H and O–H groups in total. The Hall–Kier alpha value is -4.41. The Balaban J connectivity index is 0.00000252. The summed E-state index contributed by atoms with van der Waals surface area (Å²) in [6, 6.07) is 39.5. The van der Waals surface area contributed by atoms with Gasteiger partial charge in [0.1, 0.15) is 5.70 Å². The quantitative estimate of drug-likeness (QED) is 0.237. The van der Waals surface area contributed by atoms with Gasteiger partial charge in [-0.2, -0.15) is 36.4 Å². The van der Waals surface area contributed by atoms with Crippen molar-refractivity contribution in [2.24, 2.45) is 20.0 Å². The molecule has 0 aromatic heterocycles. The molecule has 6 nitrogen and oxygen atoms in total. The molecule has 7 heteroatoms. The number of nitrogens with zero attached hydrogens (tertiary/aromatic N) is 6. The van der Waals surface area contributed by atoms with Crippen LogP contribution in [0.5, 0.6) is 0 Å². The predicted octanol–water partition coefficient (Wildman–Crippen LogP) is 6.33. The number of hydrogen-bond donors (Lipinski definition) is 0. The van der Waals surface area contributed by atoms with Gasteiger partial charge >= 0.3 is 21.1 Å². The van der Waals surface area contributed by atoms with Crippen LogP contribution in [0.4, 0.5) is 22.7 Å². The first-order valence-corrected chi connectivity index (χ1v) is 11.6. The van der Waals surface area contributed by atoms with E-state index in [1.54, 1.807) is 12.4 Å². The number of guanidine groups is 1. The van der Waals surface area contributed by atoms with Gasteiger partial charge in [-0.1, -0.05) is 36.4 Å². The Kier molecular flexibility index (Phi) is 5.95. The van der Waals surface area contributed by atoms with Gasteiger partial charge in [-0.25, -0.2) is 31.1 Å². The maximum Gasteiger partial charge on any atom is 2.00 e. The normalized spacial score (nSPS) is 15.2. The van der Waals surface area contributed by atoms with Crippen LogP contribution in [0.25, 0.3) is 11.1 Å². The monoisotopic (exact) mass is 657 g/mol. The number of hydrogen-bond acceptors (Lipinski definition) is 6. The summed E-state index contributed by atoms with van der Waals surface area (Å²) >= 11 is 0.